The van der Waals surface area contributed by atoms with Crippen LogP contribution in [-0.2, 0) is 14.3 Å². The molecule has 0 spiro atoms. The molecule has 6 heteroatoms. The van der Waals surface area contributed by atoms with E-state index in [2.05, 4.69) is 31.3 Å². The molecule has 68 heavy (non-hydrogen) atoms. The summed E-state index contributed by atoms with van der Waals surface area (Å²) in [5, 5.41) is 23.1. The van der Waals surface area contributed by atoms with Gasteiger partial charge < -0.3 is 20.3 Å². The first-order valence-electron chi connectivity index (χ1n) is 30.6. The molecule has 0 heterocycles. The van der Waals surface area contributed by atoms with Gasteiger partial charge in [-0.25, -0.2) is 0 Å². The van der Waals surface area contributed by atoms with Gasteiger partial charge in [-0.3, -0.25) is 9.59 Å². The van der Waals surface area contributed by atoms with Crippen molar-refractivity contribution in [2.45, 2.75) is 347 Å². The number of carbonyl (C=O) groups excluding carboxylic acids is 2. The highest BCUT2D eigenvalue weighted by molar-refractivity contribution is 5.76. The third-order valence-electron chi connectivity index (χ3n) is 14.2. The highest BCUT2D eigenvalue weighted by atomic mass is 16.5. The second-order valence-electron chi connectivity index (χ2n) is 21.0. The molecule has 0 radical (unpaired) electrons. The van der Waals surface area contributed by atoms with E-state index >= 15 is 0 Å². The number of nitrogens with one attached hydrogen (secondary N) is 1. The second-order valence-corrected chi connectivity index (χ2v) is 21.0. The molecule has 402 valence electrons. The summed E-state index contributed by atoms with van der Waals surface area (Å²) in [6.45, 7) is 4.91. The average molecular weight is 959 g/mol. The first-order chi connectivity index (χ1) is 33.5. The zero-order chi connectivity index (χ0) is 49.3. The summed E-state index contributed by atoms with van der Waals surface area (Å²) >= 11 is 0. The van der Waals surface area contributed by atoms with E-state index in [0.29, 0.717) is 19.4 Å². The third-order valence-corrected chi connectivity index (χ3v) is 14.2. The number of hydrogen-bond donors (Lipinski definition) is 3. The summed E-state index contributed by atoms with van der Waals surface area (Å²) in [5.74, 6) is -0.0644. The lowest BCUT2D eigenvalue weighted by Gasteiger charge is -2.20. The van der Waals surface area contributed by atoms with Crippen LogP contribution >= 0.6 is 0 Å². The highest BCUT2D eigenvalue weighted by Crippen LogP contribution is 2.17. The van der Waals surface area contributed by atoms with Crippen molar-refractivity contribution in [3.8, 4) is 0 Å². The molecule has 0 aliphatic rings. The molecule has 0 rings (SSSR count). The number of unbranched alkanes of at least 4 members (excludes halogenated alkanes) is 44. The van der Waals surface area contributed by atoms with Crippen molar-refractivity contribution >= 4 is 11.9 Å². The molecule has 0 aromatic carbocycles. The highest BCUT2D eigenvalue weighted by Gasteiger charge is 2.18. The molecule has 0 aliphatic carbocycles. The van der Waals surface area contributed by atoms with E-state index in [9.17, 15) is 19.8 Å². The zero-order valence-electron chi connectivity index (χ0n) is 45.9. The lowest BCUT2D eigenvalue weighted by atomic mass is 10.0. The van der Waals surface area contributed by atoms with Crippen LogP contribution in [0.5, 0.6) is 0 Å². The summed E-state index contributed by atoms with van der Waals surface area (Å²) in [4.78, 5) is 24.5. The number of ether oxygens (including phenoxy) is 1. The monoisotopic (exact) mass is 958 g/mol. The molecular weight excluding hydrogens is 839 g/mol. The van der Waals surface area contributed by atoms with Crippen LogP contribution in [0.15, 0.2) is 24.3 Å². The van der Waals surface area contributed by atoms with Crippen molar-refractivity contribution in [2.24, 2.45) is 0 Å². The van der Waals surface area contributed by atoms with Gasteiger partial charge in [-0.1, -0.05) is 289 Å². The Bertz CT molecular complexity index is 1060. The molecular formula is C62H119NO5. The Morgan fingerprint density at radius 3 is 1.04 bits per heavy atom. The zero-order valence-corrected chi connectivity index (χ0v) is 45.9. The first-order valence-corrected chi connectivity index (χ1v) is 30.6. The predicted molar refractivity (Wildman–Crippen MR) is 296 cm³/mol. The molecule has 0 aliphatic heterocycles. The molecule has 6 nitrogen and oxygen atoms in total. The normalized spacial score (nSPS) is 12.7. The summed E-state index contributed by atoms with van der Waals surface area (Å²) in [5.41, 5.74) is 0. The van der Waals surface area contributed by atoms with Crippen molar-refractivity contribution in [1.29, 1.82) is 0 Å². The standard InChI is InChI=1S/C62H119NO5/c1-3-5-7-9-11-13-15-17-19-20-21-25-28-32-36-40-44-48-52-56-62(67)68-57-53-49-45-41-37-33-29-26-23-22-24-27-31-35-39-43-47-51-55-61(66)63-59(58-64)60(65)54-50-46-42-38-34-30-18-16-14-12-10-8-6-4-2/h17,19,50,54,59-60,64-65H,3-16,18,20-49,51-53,55-58H2,1-2H3,(H,63,66)/b19-17-,54-50+. The minimum absolute atomic E-state index is 0.00639. The van der Waals surface area contributed by atoms with Crippen molar-refractivity contribution in [3.63, 3.8) is 0 Å². The number of hydrogen-bond acceptors (Lipinski definition) is 5. The molecule has 0 aromatic rings. The summed E-state index contributed by atoms with van der Waals surface area (Å²) in [6, 6.07) is -0.630. The number of rotatable bonds is 57. The molecule has 2 atom stereocenters. The largest absolute Gasteiger partial charge is 0.466 e. The molecule has 0 fully saturated rings. The number of aliphatic hydroxyl groups is 2. The minimum Gasteiger partial charge on any atom is -0.466 e. The van der Waals surface area contributed by atoms with E-state index in [0.717, 1.165) is 44.9 Å². The van der Waals surface area contributed by atoms with Crippen molar-refractivity contribution < 1.29 is 24.5 Å². The maximum absolute atomic E-state index is 12.5. The molecule has 2 unspecified atom stereocenters. The average Bonchev–Trinajstić information content (AvgIpc) is 3.34. The van der Waals surface area contributed by atoms with Crippen molar-refractivity contribution in [3.05, 3.63) is 24.3 Å². The van der Waals surface area contributed by atoms with Crippen LogP contribution in [0.25, 0.3) is 0 Å². The predicted octanol–water partition coefficient (Wildman–Crippen LogP) is 19.0. The maximum atomic E-state index is 12.5. The van der Waals surface area contributed by atoms with E-state index in [1.165, 1.54) is 263 Å². The fraction of sp³-hybridized carbons (Fsp3) is 0.903. The molecule has 1 amide bonds. The molecule has 0 aromatic heterocycles. The fourth-order valence-corrected chi connectivity index (χ4v) is 9.51. The van der Waals surface area contributed by atoms with Crippen LogP contribution in [0, 0.1) is 0 Å². The molecule has 0 saturated heterocycles. The van der Waals surface area contributed by atoms with Gasteiger partial charge in [0.05, 0.1) is 25.4 Å². The van der Waals surface area contributed by atoms with Gasteiger partial charge in [0.2, 0.25) is 5.91 Å². The van der Waals surface area contributed by atoms with Gasteiger partial charge in [-0.2, -0.15) is 0 Å². The van der Waals surface area contributed by atoms with Gasteiger partial charge in [0.15, 0.2) is 0 Å². The van der Waals surface area contributed by atoms with Crippen LogP contribution in [0.3, 0.4) is 0 Å². The summed E-state index contributed by atoms with van der Waals surface area (Å²) in [6.07, 6.45) is 70.6. The van der Waals surface area contributed by atoms with E-state index in [4.69, 9.17) is 4.74 Å². The fourth-order valence-electron chi connectivity index (χ4n) is 9.51. The van der Waals surface area contributed by atoms with Gasteiger partial charge in [-0.15, -0.1) is 0 Å². The lowest BCUT2D eigenvalue weighted by Crippen LogP contribution is -2.45. The minimum atomic E-state index is -0.846. The quantitative estimate of drug-likeness (QED) is 0.0321. The lowest BCUT2D eigenvalue weighted by molar-refractivity contribution is -0.143. The van der Waals surface area contributed by atoms with Crippen LogP contribution < -0.4 is 5.32 Å². The van der Waals surface area contributed by atoms with Crippen LogP contribution in [0.4, 0.5) is 0 Å². The first kappa shape index (κ1) is 66.3. The van der Waals surface area contributed by atoms with Crippen LogP contribution in [0.2, 0.25) is 0 Å². The summed E-state index contributed by atoms with van der Waals surface area (Å²) in [7, 11) is 0. The Labute approximate surface area is 424 Å². The van der Waals surface area contributed by atoms with Gasteiger partial charge >= 0.3 is 5.97 Å². The van der Waals surface area contributed by atoms with Gasteiger partial charge in [-0.05, 0) is 57.8 Å². The molecule has 0 saturated carbocycles. The third kappa shape index (κ3) is 53.7. The van der Waals surface area contributed by atoms with Crippen LogP contribution in [0.1, 0.15) is 335 Å². The van der Waals surface area contributed by atoms with E-state index in [1.54, 1.807) is 6.08 Å². The Morgan fingerprint density at radius 1 is 0.397 bits per heavy atom. The number of allylic oxidation sites excluding steroid dienone is 3. The van der Waals surface area contributed by atoms with Crippen LogP contribution in [-0.4, -0.2) is 47.4 Å². The number of amides is 1. The van der Waals surface area contributed by atoms with Gasteiger partial charge in [0, 0.05) is 12.8 Å². The molecule has 3 N–H and O–H groups in total. The Morgan fingerprint density at radius 2 is 0.691 bits per heavy atom. The number of carbonyl (C=O) groups is 2. The second kappa shape index (κ2) is 57.9. The number of aliphatic hydroxyl groups excluding tert-OH is 2. The Kier molecular flexibility index (Phi) is 56.5. The topological polar surface area (TPSA) is 95.9 Å². The summed E-state index contributed by atoms with van der Waals surface area (Å²) < 4.78 is 5.50. The Balaban J connectivity index is 3.40. The number of esters is 1. The van der Waals surface area contributed by atoms with E-state index in [1.807, 2.05) is 6.08 Å². The van der Waals surface area contributed by atoms with Crippen molar-refractivity contribution in [2.75, 3.05) is 13.2 Å². The van der Waals surface area contributed by atoms with Crippen molar-refractivity contribution in [1.82, 2.24) is 5.32 Å². The molecule has 0 bridgehead atoms. The SMILES string of the molecule is CCCCCCCC/C=C\CCCCCCCCCCCC(=O)OCCCCCCCCCCCCCCCCCCCCC(=O)NC(CO)C(O)/C=C/CCCCCCCCCCCCCC. The van der Waals surface area contributed by atoms with E-state index in [-0.39, 0.29) is 18.5 Å². The van der Waals surface area contributed by atoms with Gasteiger partial charge in [0.25, 0.3) is 0 Å². The maximum Gasteiger partial charge on any atom is 0.305 e. The van der Waals surface area contributed by atoms with E-state index < -0.39 is 12.1 Å². The smallest absolute Gasteiger partial charge is 0.305 e. The Hall–Kier alpha value is -1.66. The van der Waals surface area contributed by atoms with Gasteiger partial charge in [0.1, 0.15) is 0 Å².